The summed E-state index contributed by atoms with van der Waals surface area (Å²) in [4.78, 5) is 2.46. The topological polar surface area (TPSA) is 33.7 Å². The van der Waals surface area contributed by atoms with Gasteiger partial charge in [-0.2, -0.15) is 0 Å². The van der Waals surface area contributed by atoms with Crippen molar-refractivity contribution in [3.63, 3.8) is 0 Å². The largest absolute Gasteiger partial charge is 0.385 e. The van der Waals surface area contributed by atoms with Crippen LogP contribution in [0.2, 0.25) is 0 Å². The molecule has 4 heteroatoms. The number of ether oxygens (including phenoxy) is 2. The van der Waals surface area contributed by atoms with Crippen LogP contribution in [-0.2, 0) is 9.47 Å². The lowest BCUT2D eigenvalue weighted by atomic mass is 10.1. The Hall–Kier alpha value is -0.160. The van der Waals surface area contributed by atoms with Gasteiger partial charge in [-0.15, -0.1) is 0 Å². The predicted octanol–water partition coefficient (Wildman–Crippen LogP) is 1.75. The first-order valence-corrected chi connectivity index (χ1v) is 6.87. The summed E-state index contributed by atoms with van der Waals surface area (Å²) in [5.74, 6) is 0. The third-order valence-electron chi connectivity index (χ3n) is 2.93. The predicted molar refractivity (Wildman–Crippen MR) is 77.2 cm³/mol. The van der Waals surface area contributed by atoms with E-state index >= 15 is 0 Å². The number of hydrogen-bond acceptors (Lipinski definition) is 4. The van der Waals surface area contributed by atoms with E-state index in [0.29, 0.717) is 6.04 Å². The average Bonchev–Trinajstić information content (AvgIpc) is 2.29. The molecule has 0 amide bonds. The molecule has 0 aliphatic rings. The molecule has 1 unspecified atom stereocenters. The van der Waals surface area contributed by atoms with Crippen molar-refractivity contribution in [1.29, 1.82) is 0 Å². The van der Waals surface area contributed by atoms with Crippen molar-refractivity contribution in [2.24, 2.45) is 0 Å². The van der Waals surface area contributed by atoms with E-state index in [9.17, 15) is 0 Å². The molecular weight excluding hydrogens is 228 g/mol. The number of methoxy groups -OCH3 is 2. The van der Waals surface area contributed by atoms with Gasteiger partial charge in [0.15, 0.2) is 0 Å². The molecule has 0 saturated heterocycles. The fourth-order valence-corrected chi connectivity index (χ4v) is 1.76. The third-order valence-corrected chi connectivity index (χ3v) is 2.93. The fraction of sp³-hybridized carbons (Fsp3) is 1.00. The molecule has 0 bridgehead atoms. The van der Waals surface area contributed by atoms with E-state index in [-0.39, 0.29) is 5.54 Å². The van der Waals surface area contributed by atoms with Gasteiger partial charge in [0.05, 0.1) is 6.61 Å². The van der Waals surface area contributed by atoms with Gasteiger partial charge in [0.25, 0.3) is 0 Å². The van der Waals surface area contributed by atoms with Crippen LogP contribution >= 0.6 is 0 Å². The molecule has 4 nitrogen and oxygen atoms in total. The number of nitrogens with one attached hydrogen (secondary N) is 1. The monoisotopic (exact) mass is 260 g/mol. The summed E-state index contributed by atoms with van der Waals surface area (Å²) in [6.07, 6.45) is 1.07. The van der Waals surface area contributed by atoms with Crippen molar-refractivity contribution in [3.8, 4) is 0 Å². The molecular formula is C14H32N2O2. The Labute approximate surface area is 113 Å². The highest BCUT2D eigenvalue weighted by molar-refractivity contribution is 4.76. The third kappa shape index (κ3) is 9.83. The maximum atomic E-state index is 5.18. The highest BCUT2D eigenvalue weighted by Crippen LogP contribution is 2.04. The maximum absolute atomic E-state index is 5.18. The Balaban J connectivity index is 4.08. The minimum absolute atomic E-state index is 0.174. The highest BCUT2D eigenvalue weighted by atomic mass is 16.5. The van der Waals surface area contributed by atoms with E-state index in [1.165, 1.54) is 0 Å². The second-order valence-corrected chi connectivity index (χ2v) is 5.86. The summed E-state index contributed by atoms with van der Waals surface area (Å²) >= 11 is 0. The lowest BCUT2D eigenvalue weighted by molar-refractivity contribution is 0.108. The summed E-state index contributed by atoms with van der Waals surface area (Å²) in [5.41, 5.74) is 0.174. The molecule has 0 heterocycles. The lowest BCUT2D eigenvalue weighted by Crippen LogP contribution is -2.47. The van der Waals surface area contributed by atoms with E-state index in [2.05, 4.69) is 37.9 Å². The zero-order valence-corrected chi connectivity index (χ0v) is 13.1. The first-order chi connectivity index (χ1) is 8.40. The molecule has 0 fully saturated rings. The molecule has 0 aromatic carbocycles. The van der Waals surface area contributed by atoms with Crippen LogP contribution in [0.25, 0.3) is 0 Å². The van der Waals surface area contributed by atoms with Gasteiger partial charge in [-0.25, -0.2) is 0 Å². The van der Waals surface area contributed by atoms with Crippen LogP contribution < -0.4 is 5.32 Å². The quantitative estimate of drug-likeness (QED) is 0.607. The summed E-state index contributed by atoms with van der Waals surface area (Å²) in [6, 6.07) is 0.510. The standard InChI is InChI=1S/C14H32N2O2/c1-13(12-15-14(2,3)4)16(9-11-18-6)8-7-10-17-5/h13,15H,7-12H2,1-6H3. The Morgan fingerprint density at radius 3 is 2.17 bits per heavy atom. The van der Waals surface area contributed by atoms with E-state index in [1.807, 2.05) is 0 Å². The number of hydrogen-bond donors (Lipinski definition) is 1. The van der Waals surface area contributed by atoms with Gasteiger partial charge in [0.1, 0.15) is 0 Å². The van der Waals surface area contributed by atoms with Crippen LogP contribution in [0, 0.1) is 0 Å². The van der Waals surface area contributed by atoms with Crippen molar-refractivity contribution in [2.45, 2.75) is 45.7 Å². The molecule has 110 valence electrons. The Morgan fingerprint density at radius 2 is 1.67 bits per heavy atom. The lowest BCUT2D eigenvalue weighted by Gasteiger charge is -2.32. The molecule has 1 N–H and O–H groups in total. The van der Waals surface area contributed by atoms with Gasteiger partial charge < -0.3 is 14.8 Å². The molecule has 0 aromatic rings. The number of rotatable bonds is 10. The van der Waals surface area contributed by atoms with E-state index in [1.54, 1.807) is 14.2 Å². The van der Waals surface area contributed by atoms with Gasteiger partial charge in [-0.05, 0) is 34.1 Å². The van der Waals surface area contributed by atoms with Crippen LogP contribution in [-0.4, -0.2) is 63.5 Å². The molecule has 0 radical (unpaired) electrons. The van der Waals surface area contributed by atoms with Crippen molar-refractivity contribution >= 4 is 0 Å². The molecule has 0 rings (SSSR count). The van der Waals surface area contributed by atoms with E-state index in [0.717, 1.165) is 39.3 Å². The first-order valence-electron chi connectivity index (χ1n) is 6.87. The minimum Gasteiger partial charge on any atom is -0.385 e. The summed E-state index contributed by atoms with van der Waals surface area (Å²) < 4.78 is 10.3. The van der Waals surface area contributed by atoms with Gasteiger partial charge in [-0.1, -0.05) is 0 Å². The van der Waals surface area contributed by atoms with Crippen molar-refractivity contribution in [3.05, 3.63) is 0 Å². The average molecular weight is 260 g/mol. The summed E-state index contributed by atoms with van der Waals surface area (Å²) in [6.45, 7) is 13.5. The molecule has 0 saturated carbocycles. The normalized spacial score (nSPS) is 14.2. The van der Waals surface area contributed by atoms with Crippen molar-refractivity contribution < 1.29 is 9.47 Å². The van der Waals surface area contributed by atoms with Crippen LogP contribution in [0.1, 0.15) is 34.1 Å². The molecule has 0 spiro atoms. The van der Waals surface area contributed by atoms with Gasteiger partial charge in [-0.3, -0.25) is 4.90 Å². The van der Waals surface area contributed by atoms with E-state index < -0.39 is 0 Å². The van der Waals surface area contributed by atoms with Gasteiger partial charge in [0, 0.05) is 52.0 Å². The second kappa shape index (κ2) is 9.73. The Morgan fingerprint density at radius 1 is 1.06 bits per heavy atom. The maximum Gasteiger partial charge on any atom is 0.0589 e. The minimum atomic E-state index is 0.174. The highest BCUT2D eigenvalue weighted by Gasteiger charge is 2.16. The zero-order chi connectivity index (χ0) is 14.0. The second-order valence-electron chi connectivity index (χ2n) is 5.86. The molecule has 1 atom stereocenters. The fourth-order valence-electron chi connectivity index (χ4n) is 1.76. The molecule has 0 aliphatic heterocycles. The Kier molecular flexibility index (Phi) is 9.64. The van der Waals surface area contributed by atoms with E-state index in [4.69, 9.17) is 9.47 Å². The molecule has 0 aliphatic carbocycles. The SMILES string of the molecule is COCCCN(CCOC)C(C)CNC(C)(C)C. The van der Waals surface area contributed by atoms with Crippen molar-refractivity contribution in [2.75, 3.05) is 47.1 Å². The van der Waals surface area contributed by atoms with Crippen LogP contribution in [0.4, 0.5) is 0 Å². The summed E-state index contributed by atoms with van der Waals surface area (Å²) in [7, 11) is 3.51. The van der Waals surface area contributed by atoms with Gasteiger partial charge in [0.2, 0.25) is 0 Å². The van der Waals surface area contributed by atoms with Gasteiger partial charge >= 0.3 is 0 Å². The van der Waals surface area contributed by atoms with Crippen LogP contribution in [0.5, 0.6) is 0 Å². The van der Waals surface area contributed by atoms with Crippen molar-refractivity contribution in [1.82, 2.24) is 10.2 Å². The smallest absolute Gasteiger partial charge is 0.0589 e. The Bertz CT molecular complexity index is 193. The first kappa shape index (κ1) is 17.8. The van der Waals surface area contributed by atoms with Crippen LogP contribution in [0.3, 0.4) is 0 Å². The molecule has 0 aromatic heterocycles. The zero-order valence-electron chi connectivity index (χ0n) is 13.1. The summed E-state index contributed by atoms with van der Waals surface area (Å²) in [5, 5.41) is 3.56. The molecule has 18 heavy (non-hydrogen) atoms. The van der Waals surface area contributed by atoms with Crippen LogP contribution in [0.15, 0.2) is 0 Å². The number of nitrogens with zero attached hydrogens (tertiary/aromatic N) is 1.